The number of anilines is 1. The van der Waals surface area contributed by atoms with E-state index in [1.165, 1.54) is 4.31 Å². The van der Waals surface area contributed by atoms with Crippen molar-refractivity contribution < 1.29 is 13.2 Å². The van der Waals surface area contributed by atoms with Crippen molar-refractivity contribution in [1.82, 2.24) is 0 Å². The fourth-order valence-corrected chi connectivity index (χ4v) is 5.01. The van der Waals surface area contributed by atoms with Gasteiger partial charge in [-0.1, -0.05) is 24.3 Å². The first-order valence-corrected chi connectivity index (χ1v) is 9.25. The van der Waals surface area contributed by atoms with Gasteiger partial charge in [0.1, 0.15) is 10.6 Å². The van der Waals surface area contributed by atoms with Crippen LogP contribution in [0.25, 0.3) is 0 Å². The van der Waals surface area contributed by atoms with Crippen LogP contribution in [-0.2, 0) is 16.4 Å². The molecule has 0 spiro atoms. The van der Waals surface area contributed by atoms with Gasteiger partial charge in [0.15, 0.2) is 0 Å². The molecule has 0 bridgehead atoms. The van der Waals surface area contributed by atoms with Gasteiger partial charge in [0.2, 0.25) is 0 Å². The number of fused-ring (bicyclic) bond motifs is 1. The van der Waals surface area contributed by atoms with Gasteiger partial charge in [-0.3, -0.25) is 4.31 Å². The minimum Gasteiger partial charge on any atom is -0.492 e. The van der Waals surface area contributed by atoms with Crippen LogP contribution in [0.3, 0.4) is 0 Å². The highest BCUT2D eigenvalue weighted by Gasteiger charge is 2.37. The molecule has 0 aliphatic carbocycles. The van der Waals surface area contributed by atoms with Gasteiger partial charge in [-0.25, -0.2) is 8.42 Å². The second kappa shape index (κ2) is 5.89. The summed E-state index contributed by atoms with van der Waals surface area (Å²) < 4.78 is 33.7. The molecule has 0 radical (unpaired) electrons. The van der Waals surface area contributed by atoms with E-state index in [2.05, 4.69) is 0 Å². The number of nitrogens with zero attached hydrogens (tertiary/aromatic N) is 1. The van der Waals surface area contributed by atoms with E-state index in [9.17, 15) is 8.42 Å². The molecule has 122 valence electrons. The van der Waals surface area contributed by atoms with Crippen molar-refractivity contribution in [2.45, 2.75) is 38.1 Å². The molecule has 3 rings (SSSR count). The Hall–Kier alpha value is -2.01. The number of para-hydroxylation sites is 1. The molecular formula is C18H21NO3S. The normalized spacial score (nSPS) is 17.2. The molecule has 1 aliphatic heterocycles. The van der Waals surface area contributed by atoms with Crippen LogP contribution < -0.4 is 9.04 Å². The first kappa shape index (κ1) is 15.9. The van der Waals surface area contributed by atoms with Crippen molar-refractivity contribution in [1.29, 1.82) is 0 Å². The van der Waals surface area contributed by atoms with Gasteiger partial charge in [-0.05, 0) is 56.5 Å². The lowest BCUT2D eigenvalue weighted by molar-refractivity contribution is 0.331. The Balaban J connectivity index is 2.15. The molecule has 5 heteroatoms. The zero-order valence-corrected chi connectivity index (χ0v) is 14.4. The fourth-order valence-electron chi connectivity index (χ4n) is 3.10. The molecule has 1 unspecified atom stereocenters. The molecule has 2 aromatic rings. The second-order valence-corrected chi connectivity index (χ2v) is 7.65. The lowest BCUT2D eigenvalue weighted by Crippen LogP contribution is -2.36. The van der Waals surface area contributed by atoms with E-state index in [0.29, 0.717) is 12.4 Å². The molecule has 23 heavy (non-hydrogen) atoms. The van der Waals surface area contributed by atoms with Crippen LogP contribution in [0.15, 0.2) is 47.4 Å². The second-order valence-electron chi connectivity index (χ2n) is 5.87. The first-order chi connectivity index (χ1) is 10.9. The van der Waals surface area contributed by atoms with Crippen molar-refractivity contribution >= 4 is 15.7 Å². The monoisotopic (exact) mass is 331 g/mol. The first-order valence-electron chi connectivity index (χ1n) is 7.81. The Bertz CT molecular complexity index is 830. The van der Waals surface area contributed by atoms with E-state index in [1.54, 1.807) is 12.1 Å². The third kappa shape index (κ3) is 2.70. The largest absolute Gasteiger partial charge is 0.492 e. The predicted molar refractivity (Wildman–Crippen MR) is 91.6 cm³/mol. The molecule has 4 nitrogen and oxygen atoms in total. The molecule has 1 atom stereocenters. The Kier molecular flexibility index (Phi) is 4.06. The number of rotatable bonds is 4. The molecule has 0 saturated heterocycles. The highest BCUT2D eigenvalue weighted by Crippen LogP contribution is 2.38. The van der Waals surface area contributed by atoms with Crippen molar-refractivity contribution in [2.75, 3.05) is 10.9 Å². The number of hydrogen-bond acceptors (Lipinski definition) is 3. The van der Waals surface area contributed by atoms with E-state index < -0.39 is 10.0 Å². The van der Waals surface area contributed by atoms with E-state index in [-0.39, 0.29) is 10.9 Å². The summed E-state index contributed by atoms with van der Waals surface area (Å²) in [6.45, 7) is 6.10. The molecule has 0 N–H and O–H groups in total. The number of hydrogen-bond donors (Lipinski definition) is 0. The molecule has 1 aliphatic rings. The summed E-state index contributed by atoms with van der Waals surface area (Å²) in [6.07, 6.45) is 0.727. The average molecular weight is 331 g/mol. The summed E-state index contributed by atoms with van der Waals surface area (Å²) >= 11 is 0. The van der Waals surface area contributed by atoms with Gasteiger partial charge in [-0.15, -0.1) is 0 Å². The van der Waals surface area contributed by atoms with Crippen LogP contribution >= 0.6 is 0 Å². The van der Waals surface area contributed by atoms with E-state index in [0.717, 1.165) is 23.2 Å². The van der Waals surface area contributed by atoms with Crippen molar-refractivity contribution in [2.24, 2.45) is 0 Å². The van der Waals surface area contributed by atoms with E-state index >= 15 is 0 Å². The van der Waals surface area contributed by atoms with Crippen LogP contribution in [0.5, 0.6) is 5.75 Å². The van der Waals surface area contributed by atoms with Crippen LogP contribution in [0.2, 0.25) is 0 Å². The van der Waals surface area contributed by atoms with Crippen LogP contribution in [0.1, 0.15) is 25.0 Å². The molecule has 0 fully saturated rings. The van der Waals surface area contributed by atoms with E-state index in [4.69, 9.17) is 4.74 Å². The molecule has 1 heterocycles. The van der Waals surface area contributed by atoms with Gasteiger partial charge in [-0.2, -0.15) is 0 Å². The standard InChI is InChI=1S/C18H21NO3S/c1-4-22-17-10-9-13(2)11-18(17)23(20,21)19-14(3)12-15-7-5-6-8-16(15)19/h5-11,14H,4,12H2,1-3H3. The Labute approximate surface area is 137 Å². The predicted octanol–water partition coefficient (Wildman–Crippen LogP) is 3.53. The lowest BCUT2D eigenvalue weighted by atomic mass is 10.1. The Morgan fingerprint density at radius 1 is 1.22 bits per heavy atom. The SMILES string of the molecule is CCOc1ccc(C)cc1S(=O)(=O)N1c2ccccc2CC1C. The van der Waals surface area contributed by atoms with Gasteiger partial charge < -0.3 is 4.74 Å². The maximum absolute atomic E-state index is 13.3. The van der Waals surface area contributed by atoms with Crippen molar-refractivity contribution in [3.8, 4) is 5.75 Å². The van der Waals surface area contributed by atoms with Gasteiger partial charge in [0.05, 0.1) is 12.3 Å². The fraction of sp³-hybridized carbons (Fsp3) is 0.333. The summed E-state index contributed by atoms with van der Waals surface area (Å²) in [7, 11) is -3.67. The summed E-state index contributed by atoms with van der Waals surface area (Å²) in [4.78, 5) is 0.239. The molecular weight excluding hydrogens is 310 g/mol. The van der Waals surface area contributed by atoms with Crippen LogP contribution in [0, 0.1) is 6.92 Å². The van der Waals surface area contributed by atoms with E-state index in [1.807, 2.05) is 51.1 Å². The van der Waals surface area contributed by atoms with Gasteiger partial charge in [0, 0.05) is 6.04 Å². The third-order valence-electron chi connectivity index (χ3n) is 4.08. The number of sulfonamides is 1. The highest BCUT2D eigenvalue weighted by atomic mass is 32.2. The minimum atomic E-state index is -3.67. The average Bonchev–Trinajstić information content (AvgIpc) is 2.85. The Morgan fingerprint density at radius 2 is 1.96 bits per heavy atom. The summed E-state index contributed by atoms with van der Waals surface area (Å²) in [5.41, 5.74) is 2.73. The molecule has 0 saturated carbocycles. The van der Waals surface area contributed by atoms with Gasteiger partial charge >= 0.3 is 0 Å². The Morgan fingerprint density at radius 3 is 2.70 bits per heavy atom. The highest BCUT2D eigenvalue weighted by molar-refractivity contribution is 7.93. The number of ether oxygens (including phenoxy) is 1. The zero-order chi connectivity index (χ0) is 16.6. The maximum atomic E-state index is 13.3. The number of benzene rings is 2. The van der Waals surface area contributed by atoms with Crippen molar-refractivity contribution in [3.05, 3.63) is 53.6 Å². The third-order valence-corrected chi connectivity index (χ3v) is 6.03. The zero-order valence-electron chi connectivity index (χ0n) is 13.6. The quantitative estimate of drug-likeness (QED) is 0.861. The molecule has 0 aromatic heterocycles. The maximum Gasteiger partial charge on any atom is 0.268 e. The van der Waals surface area contributed by atoms with Crippen LogP contribution in [-0.4, -0.2) is 21.1 Å². The summed E-state index contributed by atoms with van der Waals surface area (Å²) in [5.74, 6) is 0.412. The smallest absolute Gasteiger partial charge is 0.268 e. The molecule has 0 amide bonds. The van der Waals surface area contributed by atoms with Gasteiger partial charge in [0.25, 0.3) is 10.0 Å². The minimum absolute atomic E-state index is 0.104. The van der Waals surface area contributed by atoms with Crippen LogP contribution in [0.4, 0.5) is 5.69 Å². The summed E-state index contributed by atoms with van der Waals surface area (Å²) in [6, 6.07) is 12.9. The summed E-state index contributed by atoms with van der Waals surface area (Å²) in [5, 5.41) is 0. The lowest BCUT2D eigenvalue weighted by Gasteiger charge is -2.25. The molecule has 2 aromatic carbocycles. The topological polar surface area (TPSA) is 46.6 Å². The van der Waals surface area contributed by atoms with Crippen molar-refractivity contribution in [3.63, 3.8) is 0 Å². The number of aryl methyl sites for hydroxylation is 1.